The van der Waals surface area contributed by atoms with Crippen LogP contribution in [-0.4, -0.2) is 17.8 Å². The van der Waals surface area contributed by atoms with Crippen molar-refractivity contribution in [3.8, 4) is 0 Å². The Hall–Kier alpha value is -3.02. The molecule has 1 aliphatic rings. The second kappa shape index (κ2) is 9.78. The monoisotopic (exact) mass is 384 g/mol. The molecule has 0 saturated heterocycles. The molecule has 0 heterocycles. The molecule has 0 aromatic heterocycles. The first-order valence-electron chi connectivity index (χ1n) is 9.35. The predicted molar refractivity (Wildman–Crippen MR) is 105 cm³/mol. The summed E-state index contributed by atoms with van der Waals surface area (Å²) in [5, 5.41) is 0. The molecule has 0 radical (unpaired) electrons. The number of carbonyl (C=O) groups is 1. The van der Waals surface area contributed by atoms with E-state index in [1.165, 1.54) is 12.5 Å². The molecule has 3 rings (SSSR count). The Bertz CT molecular complexity index is 840. The topological polar surface area (TPSA) is 50.7 Å². The van der Waals surface area contributed by atoms with E-state index in [2.05, 4.69) is 10.5 Å². The van der Waals surface area contributed by atoms with Crippen molar-refractivity contribution in [2.45, 2.75) is 38.1 Å². The highest BCUT2D eigenvalue weighted by Gasteiger charge is 2.19. The van der Waals surface area contributed by atoms with Crippen LogP contribution in [-0.2, 0) is 4.84 Å². The molecule has 1 aliphatic carbocycles. The van der Waals surface area contributed by atoms with Crippen LogP contribution in [0.1, 0.15) is 48.0 Å². The van der Waals surface area contributed by atoms with Gasteiger partial charge in [0.05, 0.1) is 6.04 Å². The van der Waals surface area contributed by atoms with Crippen LogP contribution in [0.3, 0.4) is 0 Å². The van der Waals surface area contributed by atoms with E-state index in [1.807, 2.05) is 36.4 Å². The van der Waals surface area contributed by atoms with Gasteiger partial charge in [0, 0.05) is 0 Å². The summed E-state index contributed by atoms with van der Waals surface area (Å²) in [7, 11) is 0. The first kappa shape index (κ1) is 19.7. The van der Waals surface area contributed by atoms with E-state index in [0.717, 1.165) is 43.4 Å². The number of carbonyl (C=O) groups excluding carboxylic acids is 1. The maximum atomic E-state index is 13.8. The molecule has 0 aliphatic heterocycles. The van der Waals surface area contributed by atoms with Crippen molar-refractivity contribution < 1.29 is 18.4 Å². The largest absolute Gasteiger partial charge is 0.368 e. The van der Waals surface area contributed by atoms with Gasteiger partial charge in [-0.05, 0) is 36.6 Å². The number of hydroxylamine groups is 1. The maximum Gasteiger partial charge on any atom is 0.368 e. The van der Waals surface area contributed by atoms with E-state index in [-0.39, 0.29) is 6.04 Å². The van der Waals surface area contributed by atoms with Crippen molar-refractivity contribution in [2.24, 2.45) is 4.99 Å². The zero-order valence-electron chi connectivity index (χ0n) is 15.4. The lowest BCUT2D eigenvalue weighted by atomic mass is 9.96. The highest BCUT2D eigenvalue weighted by atomic mass is 19.1. The van der Waals surface area contributed by atoms with Crippen LogP contribution in [0, 0.1) is 11.6 Å². The number of rotatable bonds is 4. The van der Waals surface area contributed by atoms with Crippen LogP contribution in [0.4, 0.5) is 8.78 Å². The average molecular weight is 384 g/mol. The van der Waals surface area contributed by atoms with Crippen LogP contribution >= 0.6 is 0 Å². The molecular weight excluding hydrogens is 362 g/mol. The van der Waals surface area contributed by atoms with Gasteiger partial charge in [-0.2, -0.15) is 0 Å². The summed E-state index contributed by atoms with van der Waals surface area (Å²) in [6, 6.07) is 12.9. The van der Waals surface area contributed by atoms with E-state index in [0.29, 0.717) is 5.84 Å². The summed E-state index contributed by atoms with van der Waals surface area (Å²) in [4.78, 5) is 21.7. The fourth-order valence-corrected chi connectivity index (χ4v) is 3.09. The SMILES string of the molecule is O=C(ONC(C=Cc1ccccc1)=NC1CCCCC1)c1c(F)cccc1F. The van der Waals surface area contributed by atoms with E-state index in [4.69, 9.17) is 4.84 Å². The van der Waals surface area contributed by atoms with Crippen LogP contribution in [0.5, 0.6) is 0 Å². The molecule has 4 nitrogen and oxygen atoms in total. The molecule has 146 valence electrons. The molecule has 2 aromatic carbocycles. The standard InChI is InChI=1S/C22H22F2N2O2/c23-18-12-7-13-19(24)21(18)22(27)28-26-20(25-17-10-5-2-6-11-17)15-14-16-8-3-1-4-9-16/h1,3-4,7-9,12-15,17H,2,5-6,10-11H2,(H,25,26). The van der Waals surface area contributed by atoms with Crippen molar-refractivity contribution in [3.63, 3.8) is 0 Å². The van der Waals surface area contributed by atoms with Crippen LogP contribution in [0.15, 0.2) is 59.6 Å². The Balaban J connectivity index is 1.74. The number of amidine groups is 1. The van der Waals surface area contributed by atoms with Crippen molar-refractivity contribution in [3.05, 3.63) is 77.4 Å². The van der Waals surface area contributed by atoms with Gasteiger partial charge in [-0.15, -0.1) is 0 Å². The van der Waals surface area contributed by atoms with E-state index in [9.17, 15) is 13.6 Å². The van der Waals surface area contributed by atoms with Crippen LogP contribution < -0.4 is 5.48 Å². The molecule has 6 heteroatoms. The number of hydrogen-bond donors (Lipinski definition) is 1. The minimum atomic E-state index is -1.14. The third kappa shape index (κ3) is 5.49. The Morgan fingerprint density at radius 3 is 2.36 bits per heavy atom. The zero-order chi connectivity index (χ0) is 19.8. The molecule has 0 amide bonds. The summed E-state index contributed by atoms with van der Waals surface area (Å²) in [6.45, 7) is 0. The van der Waals surface area contributed by atoms with Gasteiger partial charge in [0.1, 0.15) is 17.2 Å². The van der Waals surface area contributed by atoms with Gasteiger partial charge in [-0.3, -0.25) is 4.99 Å². The molecule has 0 bridgehead atoms. The fourth-order valence-electron chi connectivity index (χ4n) is 3.09. The molecule has 0 unspecified atom stereocenters. The van der Waals surface area contributed by atoms with Gasteiger partial charge in [-0.25, -0.2) is 19.1 Å². The molecule has 0 atom stereocenters. The lowest BCUT2D eigenvalue weighted by molar-refractivity contribution is 0.0375. The van der Waals surface area contributed by atoms with Crippen LogP contribution in [0.2, 0.25) is 0 Å². The minimum absolute atomic E-state index is 0.126. The van der Waals surface area contributed by atoms with Gasteiger partial charge in [0.2, 0.25) is 0 Å². The van der Waals surface area contributed by atoms with Crippen molar-refractivity contribution in [1.82, 2.24) is 5.48 Å². The Morgan fingerprint density at radius 2 is 1.68 bits per heavy atom. The maximum absolute atomic E-state index is 13.8. The number of halogens is 2. The van der Waals surface area contributed by atoms with Gasteiger partial charge >= 0.3 is 5.97 Å². The molecule has 0 spiro atoms. The smallest absolute Gasteiger partial charge is 0.336 e. The summed E-state index contributed by atoms with van der Waals surface area (Å²) in [5.41, 5.74) is 2.68. The summed E-state index contributed by atoms with van der Waals surface area (Å²) < 4.78 is 27.5. The minimum Gasteiger partial charge on any atom is -0.336 e. The van der Waals surface area contributed by atoms with Gasteiger partial charge < -0.3 is 4.84 Å². The molecule has 28 heavy (non-hydrogen) atoms. The summed E-state index contributed by atoms with van der Waals surface area (Å²) >= 11 is 0. The molecular formula is C22H22F2N2O2. The van der Waals surface area contributed by atoms with Gasteiger partial charge in [0.25, 0.3) is 0 Å². The Labute approximate surface area is 162 Å². The average Bonchev–Trinajstić information content (AvgIpc) is 2.71. The van der Waals surface area contributed by atoms with Crippen molar-refractivity contribution in [2.75, 3.05) is 0 Å². The number of nitrogens with one attached hydrogen (secondary N) is 1. The lowest BCUT2D eigenvalue weighted by Gasteiger charge is -2.18. The van der Waals surface area contributed by atoms with Gasteiger partial charge in [-0.1, -0.05) is 61.7 Å². The number of hydrogen-bond acceptors (Lipinski definition) is 3. The second-order valence-electron chi connectivity index (χ2n) is 6.64. The van der Waals surface area contributed by atoms with Gasteiger partial charge in [0.15, 0.2) is 5.84 Å². The number of nitrogens with zero attached hydrogens (tertiary/aromatic N) is 1. The zero-order valence-corrected chi connectivity index (χ0v) is 15.4. The second-order valence-corrected chi connectivity index (χ2v) is 6.64. The van der Waals surface area contributed by atoms with Crippen LogP contribution in [0.25, 0.3) is 6.08 Å². The number of benzene rings is 2. The molecule has 1 N–H and O–H groups in total. The van der Waals surface area contributed by atoms with Crippen molar-refractivity contribution >= 4 is 17.9 Å². The highest BCUT2D eigenvalue weighted by Crippen LogP contribution is 2.20. The molecule has 1 fully saturated rings. The highest BCUT2D eigenvalue weighted by molar-refractivity contribution is 5.97. The first-order chi connectivity index (χ1) is 13.6. The Morgan fingerprint density at radius 1 is 1.00 bits per heavy atom. The Kier molecular flexibility index (Phi) is 6.89. The molecule has 1 saturated carbocycles. The summed E-state index contributed by atoms with van der Waals surface area (Å²) in [6.07, 6.45) is 8.83. The van der Waals surface area contributed by atoms with E-state index < -0.39 is 23.2 Å². The lowest BCUT2D eigenvalue weighted by Crippen LogP contribution is -2.28. The quantitative estimate of drug-likeness (QED) is 0.455. The predicted octanol–water partition coefficient (Wildman–Crippen LogP) is 5.07. The van der Waals surface area contributed by atoms with E-state index >= 15 is 0 Å². The normalized spacial score (nSPS) is 15.6. The third-order valence-corrected chi connectivity index (χ3v) is 4.54. The first-order valence-corrected chi connectivity index (χ1v) is 9.35. The number of aliphatic imine (C=N–C) groups is 1. The van der Waals surface area contributed by atoms with Crippen molar-refractivity contribution in [1.29, 1.82) is 0 Å². The molecule has 2 aromatic rings. The summed E-state index contributed by atoms with van der Waals surface area (Å²) in [5.74, 6) is -2.75. The fraction of sp³-hybridized carbons (Fsp3) is 0.273. The third-order valence-electron chi connectivity index (χ3n) is 4.54. The van der Waals surface area contributed by atoms with E-state index in [1.54, 1.807) is 6.08 Å².